The third kappa shape index (κ3) is 3.07. The number of nitrogens with one attached hydrogen (secondary N) is 1. The second kappa shape index (κ2) is 6.17. The highest BCUT2D eigenvalue weighted by molar-refractivity contribution is 6.07. The molecule has 0 saturated heterocycles. The fourth-order valence-corrected chi connectivity index (χ4v) is 1.95. The van der Waals surface area contributed by atoms with E-state index in [1.54, 1.807) is 18.2 Å². The monoisotopic (exact) mass is 288 g/mol. The van der Waals surface area contributed by atoms with Gasteiger partial charge in [-0.25, -0.2) is 9.78 Å². The number of anilines is 1. The number of aromatic nitrogens is 3. The van der Waals surface area contributed by atoms with Crippen LogP contribution in [-0.2, 0) is 6.42 Å². The summed E-state index contributed by atoms with van der Waals surface area (Å²) in [5.41, 5.74) is 0.356. The Morgan fingerprint density at radius 2 is 2.05 bits per heavy atom. The van der Waals surface area contributed by atoms with E-state index in [1.807, 2.05) is 6.92 Å². The standard InChI is InChI=1S/C14H16N4O3/c1-3-6-11-15-12(17-16-11)13(19)18(2)10-8-5-4-7-9(10)14(20)21/h4-5,7-8H,3,6H2,1-2H3,(H,20,21)(H,15,16,17). The minimum Gasteiger partial charge on any atom is -0.478 e. The normalized spacial score (nSPS) is 10.4. The largest absolute Gasteiger partial charge is 0.478 e. The Morgan fingerprint density at radius 1 is 1.33 bits per heavy atom. The molecule has 0 unspecified atom stereocenters. The Hall–Kier alpha value is -2.70. The summed E-state index contributed by atoms with van der Waals surface area (Å²) in [5.74, 6) is -0.879. The van der Waals surface area contributed by atoms with Gasteiger partial charge in [-0.15, -0.1) is 5.10 Å². The van der Waals surface area contributed by atoms with E-state index < -0.39 is 11.9 Å². The average molecular weight is 288 g/mol. The summed E-state index contributed by atoms with van der Waals surface area (Å²) in [6, 6.07) is 6.30. The first kappa shape index (κ1) is 14.7. The highest BCUT2D eigenvalue weighted by Crippen LogP contribution is 2.20. The maximum Gasteiger partial charge on any atom is 0.337 e. The number of para-hydroxylation sites is 1. The number of nitrogens with zero attached hydrogens (tertiary/aromatic N) is 3. The van der Waals surface area contributed by atoms with Crippen LogP contribution in [0.5, 0.6) is 0 Å². The van der Waals surface area contributed by atoms with Crippen molar-refractivity contribution in [1.29, 1.82) is 0 Å². The Labute approximate surface area is 121 Å². The van der Waals surface area contributed by atoms with E-state index >= 15 is 0 Å². The van der Waals surface area contributed by atoms with Crippen LogP contribution in [0.1, 0.15) is 40.1 Å². The third-order valence-electron chi connectivity index (χ3n) is 3.01. The molecule has 0 spiro atoms. The second-order valence-corrected chi connectivity index (χ2v) is 4.54. The molecule has 0 fully saturated rings. The second-order valence-electron chi connectivity index (χ2n) is 4.54. The van der Waals surface area contributed by atoms with Crippen LogP contribution in [-0.4, -0.2) is 39.2 Å². The Morgan fingerprint density at radius 3 is 2.71 bits per heavy atom. The number of aromatic carboxylic acids is 1. The summed E-state index contributed by atoms with van der Waals surface area (Å²) in [7, 11) is 1.50. The van der Waals surface area contributed by atoms with Crippen LogP contribution < -0.4 is 4.90 Å². The van der Waals surface area contributed by atoms with Crippen molar-refractivity contribution in [3.8, 4) is 0 Å². The van der Waals surface area contributed by atoms with Crippen LogP contribution in [0.25, 0.3) is 0 Å². The van der Waals surface area contributed by atoms with Crippen molar-refractivity contribution in [3.63, 3.8) is 0 Å². The molecular formula is C14H16N4O3. The lowest BCUT2D eigenvalue weighted by molar-refractivity contribution is 0.0697. The number of aryl methyl sites for hydroxylation is 1. The first-order valence-electron chi connectivity index (χ1n) is 6.56. The molecule has 0 radical (unpaired) electrons. The first-order chi connectivity index (χ1) is 10.0. The number of carbonyl (C=O) groups excluding carboxylic acids is 1. The summed E-state index contributed by atoms with van der Waals surface area (Å²) >= 11 is 0. The molecule has 1 heterocycles. The van der Waals surface area contributed by atoms with Crippen molar-refractivity contribution in [1.82, 2.24) is 15.2 Å². The number of rotatable bonds is 5. The molecular weight excluding hydrogens is 272 g/mol. The van der Waals surface area contributed by atoms with Gasteiger partial charge < -0.3 is 10.0 Å². The van der Waals surface area contributed by atoms with Crippen molar-refractivity contribution in [2.75, 3.05) is 11.9 Å². The summed E-state index contributed by atoms with van der Waals surface area (Å²) in [5, 5.41) is 15.8. The highest BCUT2D eigenvalue weighted by Gasteiger charge is 2.22. The van der Waals surface area contributed by atoms with Gasteiger partial charge in [0.2, 0.25) is 5.82 Å². The first-order valence-corrected chi connectivity index (χ1v) is 6.56. The van der Waals surface area contributed by atoms with E-state index in [2.05, 4.69) is 15.2 Å². The van der Waals surface area contributed by atoms with Crippen LogP contribution in [0.4, 0.5) is 5.69 Å². The van der Waals surface area contributed by atoms with E-state index in [1.165, 1.54) is 18.0 Å². The van der Waals surface area contributed by atoms with Crippen LogP contribution in [0.3, 0.4) is 0 Å². The van der Waals surface area contributed by atoms with Gasteiger partial charge in [0.1, 0.15) is 5.82 Å². The van der Waals surface area contributed by atoms with Gasteiger partial charge in [-0.05, 0) is 18.6 Å². The zero-order chi connectivity index (χ0) is 15.4. The predicted molar refractivity (Wildman–Crippen MR) is 76.5 cm³/mol. The van der Waals surface area contributed by atoms with Crippen molar-refractivity contribution >= 4 is 17.6 Å². The lowest BCUT2D eigenvalue weighted by Gasteiger charge is -2.17. The fraction of sp³-hybridized carbons (Fsp3) is 0.286. The molecule has 21 heavy (non-hydrogen) atoms. The predicted octanol–water partition coefficient (Wildman–Crippen LogP) is 1.73. The number of amides is 1. The molecule has 2 aromatic rings. The summed E-state index contributed by atoms with van der Waals surface area (Å²) in [4.78, 5) is 28.9. The van der Waals surface area contributed by atoms with Gasteiger partial charge in [0.15, 0.2) is 0 Å². The molecule has 7 nitrogen and oxygen atoms in total. The topological polar surface area (TPSA) is 99.2 Å². The van der Waals surface area contributed by atoms with Crippen LogP contribution in [0, 0.1) is 0 Å². The lowest BCUT2D eigenvalue weighted by Crippen LogP contribution is -2.28. The fourth-order valence-electron chi connectivity index (χ4n) is 1.95. The average Bonchev–Trinajstić information content (AvgIpc) is 2.94. The maximum absolute atomic E-state index is 12.3. The third-order valence-corrected chi connectivity index (χ3v) is 3.01. The van der Waals surface area contributed by atoms with Gasteiger partial charge in [0.25, 0.3) is 5.91 Å². The molecule has 0 saturated carbocycles. The molecule has 110 valence electrons. The number of H-pyrrole nitrogens is 1. The number of carbonyl (C=O) groups is 2. The molecule has 0 aliphatic rings. The van der Waals surface area contributed by atoms with E-state index in [0.717, 1.165) is 6.42 Å². The number of hydrogen-bond acceptors (Lipinski definition) is 4. The van der Waals surface area contributed by atoms with Crippen LogP contribution >= 0.6 is 0 Å². The van der Waals surface area contributed by atoms with E-state index in [9.17, 15) is 9.59 Å². The number of carboxylic acid groups (broad SMARTS) is 1. The number of benzene rings is 1. The van der Waals surface area contributed by atoms with E-state index in [4.69, 9.17) is 5.11 Å². The van der Waals surface area contributed by atoms with Gasteiger partial charge in [-0.3, -0.25) is 9.89 Å². The maximum atomic E-state index is 12.3. The van der Waals surface area contributed by atoms with Crippen molar-refractivity contribution < 1.29 is 14.7 Å². The van der Waals surface area contributed by atoms with E-state index in [0.29, 0.717) is 17.9 Å². The smallest absolute Gasteiger partial charge is 0.337 e. The quantitative estimate of drug-likeness (QED) is 0.873. The van der Waals surface area contributed by atoms with Crippen molar-refractivity contribution in [2.24, 2.45) is 0 Å². The molecule has 1 aromatic heterocycles. The van der Waals surface area contributed by atoms with Gasteiger partial charge in [-0.1, -0.05) is 19.1 Å². The molecule has 0 atom stereocenters. The molecule has 2 rings (SSSR count). The molecule has 7 heteroatoms. The summed E-state index contributed by atoms with van der Waals surface area (Å²) in [6.07, 6.45) is 1.59. The van der Waals surface area contributed by atoms with Crippen LogP contribution in [0.15, 0.2) is 24.3 Å². The molecule has 2 N–H and O–H groups in total. The minimum atomic E-state index is -1.09. The number of aromatic amines is 1. The zero-order valence-electron chi connectivity index (χ0n) is 11.8. The van der Waals surface area contributed by atoms with Gasteiger partial charge in [0, 0.05) is 13.5 Å². The van der Waals surface area contributed by atoms with E-state index in [-0.39, 0.29) is 11.4 Å². The summed E-state index contributed by atoms with van der Waals surface area (Å²) < 4.78 is 0. The molecule has 0 bridgehead atoms. The molecule has 1 aromatic carbocycles. The van der Waals surface area contributed by atoms with Crippen LogP contribution in [0.2, 0.25) is 0 Å². The highest BCUT2D eigenvalue weighted by atomic mass is 16.4. The molecule has 0 aliphatic heterocycles. The molecule has 0 aliphatic carbocycles. The Bertz CT molecular complexity index is 666. The Balaban J connectivity index is 2.28. The Kier molecular flexibility index (Phi) is 4.32. The van der Waals surface area contributed by atoms with Crippen molar-refractivity contribution in [2.45, 2.75) is 19.8 Å². The number of hydrogen-bond donors (Lipinski definition) is 2. The molecule has 1 amide bonds. The number of carboxylic acids is 1. The van der Waals surface area contributed by atoms with Gasteiger partial charge in [-0.2, -0.15) is 0 Å². The lowest BCUT2D eigenvalue weighted by atomic mass is 10.1. The van der Waals surface area contributed by atoms with Gasteiger partial charge >= 0.3 is 5.97 Å². The SMILES string of the molecule is CCCc1nc(C(=O)N(C)c2ccccc2C(=O)O)n[nH]1. The zero-order valence-corrected chi connectivity index (χ0v) is 11.8. The van der Waals surface area contributed by atoms with Gasteiger partial charge in [0.05, 0.1) is 11.3 Å². The summed E-state index contributed by atoms with van der Waals surface area (Å²) in [6.45, 7) is 2.00. The minimum absolute atomic E-state index is 0.0288. The van der Waals surface area contributed by atoms with Crippen molar-refractivity contribution in [3.05, 3.63) is 41.5 Å².